The van der Waals surface area contributed by atoms with E-state index in [-0.39, 0.29) is 25.0 Å². The summed E-state index contributed by atoms with van der Waals surface area (Å²) in [5, 5.41) is 5.50. The number of benzene rings is 1. The molecule has 0 aliphatic carbocycles. The summed E-state index contributed by atoms with van der Waals surface area (Å²) in [6, 6.07) is 3.03. The van der Waals surface area contributed by atoms with Crippen LogP contribution >= 0.6 is 0 Å². The second-order valence-corrected chi connectivity index (χ2v) is 7.02. The first-order chi connectivity index (χ1) is 11.6. The molecule has 25 heavy (non-hydrogen) atoms. The molecule has 0 saturated carbocycles. The van der Waals surface area contributed by atoms with Crippen LogP contribution in [0.2, 0.25) is 0 Å². The van der Waals surface area contributed by atoms with Crippen LogP contribution in [0.15, 0.2) is 12.1 Å². The van der Waals surface area contributed by atoms with E-state index >= 15 is 0 Å². The number of fused-ring (bicyclic) bond motifs is 1. The van der Waals surface area contributed by atoms with Crippen LogP contribution in [0.3, 0.4) is 0 Å². The van der Waals surface area contributed by atoms with Crippen molar-refractivity contribution in [3.8, 4) is 0 Å². The molecule has 1 atom stereocenters. The number of hydrogen-bond donors (Lipinski definition) is 2. The fraction of sp³-hybridized carbons (Fsp3) is 0.500. The zero-order chi connectivity index (χ0) is 18.8. The quantitative estimate of drug-likeness (QED) is 0.815. The molecular weight excluding hydrogens is 324 g/mol. The summed E-state index contributed by atoms with van der Waals surface area (Å²) in [6.07, 6.45) is -0.555. The lowest BCUT2D eigenvalue weighted by Crippen LogP contribution is -2.39. The highest BCUT2D eigenvalue weighted by Crippen LogP contribution is 2.29. The van der Waals surface area contributed by atoms with Crippen molar-refractivity contribution in [1.29, 1.82) is 0 Å². The van der Waals surface area contributed by atoms with Crippen LogP contribution in [0.5, 0.6) is 0 Å². The molecule has 1 aliphatic rings. The zero-order valence-corrected chi connectivity index (χ0v) is 15.2. The summed E-state index contributed by atoms with van der Waals surface area (Å²) >= 11 is 0. The van der Waals surface area contributed by atoms with Gasteiger partial charge in [-0.1, -0.05) is 6.07 Å². The van der Waals surface area contributed by atoms with Gasteiger partial charge in [0.15, 0.2) is 0 Å². The Bertz CT molecular complexity index is 706. The monoisotopic (exact) mass is 348 g/mol. The molecular formula is C18H24N2O5. The van der Waals surface area contributed by atoms with Crippen molar-refractivity contribution < 1.29 is 23.9 Å². The van der Waals surface area contributed by atoms with Crippen LogP contribution in [0.4, 0.5) is 4.79 Å². The predicted molar refractivity (Wildman–Crippen MR) is 91.1 cm³/mol. The lowest BCUT2D eigenvalue weighted by atomic mass is 9.94. The standard InChI is InChI=1S/C18H24N2O5/c1-10-12(6-7-13-14(10)9-24-16(13)22)15(20-11(2)21)8-19-17(23)25-18(3,4)5/h6-7,15H,8-9H2,1-5H3,(H,19,23)(H,20,21)/t15-/m0/s1. The molecule has 0 spiro atoms. The highest BCUT2D eigenvalue weighted by atomic mass is 16.6. The van der Waals surface area contributed by atoms with Crippen LogP contribution < -0.4 is 10.6 Å². The van der Waals surface area contributed by atoms with Gasteiger partial charge in [-0.2, -0.15) is 0 Å². The Kier molecular flexibility index (Phi) is 5.35. The topological polar surface area (TPSA) is 93.7 Å². The SMILES string of the molecule is CC(=O)N[C@@H](CNC(=O)OC(C)(C)C)c1ccc2c(c1C)COC2=O. The van der Waals surface area contributed by atoms with Crippen molar-refractivity contribution in [3.05, 3.63) is 34.4 Å². The highest BCUT2D eigenvalue weighted by molar-refractivity contribution is 5.94. The van der Waals surface area contributed by atoms with E-state index in [9.17, 15) is 14.4 Å². The van der Waals surface area contributed by atoms with E-state index in [1.165, 1.54) is 6.92 Å². The third-order valence-corrected chi connectivity index (χ3v) is 3.81. The molecule has 0 aromatic heterocycles. The Morgan fingerprint density at radius 3 is 2.60 bits per heavy atom. The van der Waals surface area contributed by atoms with Crippen LogP contribution in [0, 0.1) is 6.92 Å². The molecule has 1 aliphatic heterocycles. The van der Waals surface area contributed by atoms with Gasteiger partial charge < -0.3 is 20.1 Å². The molecule has 0 unspecified atom stereocenters. The lowest BCUT2D eigenvalue weighted by Gasteiger charge is -2.24. The molecule has 0 saturated heterocycles. The average Bonchev–Trinajstić information content (AvgIpc) is 2.84. The predicted octanol–water partition coefficient (Wildman–Crippen LogP) is 2.37. The van der Waals surface area contributed by atoms with Crippen molar-refractivity contribution in [3.63, 3.8) is 0 Å². The van der Waals surface area contributed by atoms with Gasteiger partial charge in [-0.25, -0.2) is 9.59 Å². The molecule has 7 heteroatoms. The van der Waals surface area contributed by atoms with Gasteiger partial charge in [-0.3, -0.25) is 4.79 Å². The maximum atomic E-state index is 11.9. The Morgan fingerprint density at radius 2 is 2.00 bits per heavy atom. The first kappa shape index (κ1) is 18.8. The van der Waals surface area contributed by atoms with Crippen LogP contribution in [0.25, 0.3) is 0 Å². The number of amides is 2. The van der Waals surface area contributed by atoms with Gasteiger partial charge >= 0.3 is 12.1 Å². The van der Waals surface area contributed by atoms with E-state index in [4.69, 9.17) is 9.47 Å². The fourth-order valence-corrected chi connectivity index (χ4v) is 2.73. The summed E-state index contributed by atoms with van der Waals surface area (Å²) in [7, 11) is 0. The number of esters is 1. The van der Waals surface area contributed by atoms with E-state index in [1.54, 1.807) is 32.9 Å². The smallest absolute Gasteiger partial charge is 0.407 e. The van der Waals surface area contributed by atoms with Crippen molar-refractivity contribution >= 4 is 18.0 Å². The summed E-state index contributed by atoms with van der Waals surface area (Å²) in [5.41, 5.74) is 2.45. The van der Waals surface area contributed by atoms with Gasteiger partial charge in [0.25, 0.3) is 0 Å². The first-order valence-electron chi connectivity index (χ1n) is 8.12. The van der Waals surface area contributed by atoms with E-state index in [0.29, 0.717) is 5.56 Å². The van der Waals surface area contributed by atoms with Gasteiger partial charge in [0.1, 0.15) is 12.2 Å². The number of nitrogens with one attached hydrogen (secondary N) is 2. The molecule has 1 aromatic rings. The average molecular weight is 348 g/mol. The number of alkyl carbamates (subject to hydrolysis) is 1. The maximum Gasteiger partial charge on any atom is 0.407 e. The minimum atomic E-state index is -0.602. The second kappa shape index (κ2) is 7.13. The number of carbonyl (C=O) groups excluding carboxylic acids is 3. The van der Waals surface area contributed by atoms with E-state index < -0.39 is 17.7 Å². The molecule has 2 N–H and O–H groups in total. The lowest BCUT2D eigenvalue weighted by molar-refractivity contribution is -0.119. The molecule has 136 valence electrons. The Balaban J connectivity index is 2.19. The fourth-order valence-electron chi connectivity index (χ4n) is 2.73. The number of hydrogen-bond acceptors (Lipinski definition) is 5. The number of rotatable bonds is 4. The van der Waals surface area contributed by atoms with Gasteiger partial charge in [0.05, 0.1) is 11.6 Å². The van der Waals surface area contributed by atoms with Crippen LogP contribution in [-0.4, -0.2) is 30.1 Å². The normalized spacial score (nSPS) is 14.4. The molecule has 2 amide bonds. The largest absolute Gasteiger partial charge is 0.457 e. The number of cyclic esters (lactones) is 1. The Morgan fingerprint density at radius 1 is 1.32 bits per heavy atom. The van der Waals surface area contributed by atoms with Crippen molar-refractivity contribution in [1.82, 2.24) is 10.6 Å². The summed E-state index contributed by atoms with van der Waals surface area (Å²) in [5.74, 6) is -0.559. The molecule has 0 radical (unpaired) electrons. The molecule has 2 rings (SSSR count). The van der Waals surface area contributed by atoms with E-state index in [1.807, 2.05) is 6.92 Å². The third kappa shape index (κ3) is 4.71. The number of carbonyl (C=O) groups is 3. The van der Waals surface area contributed by atoms with Crippen molar-refractivity contribution in [2.75, 3.05) is 6.54 Å². The molecule has 0 fully saturated rings. The molecule has 1 aromatic carbocycles. The Hall–Kier alpha value is -2.57. The van der Waals surface area contributed by atoms with Crippen LogP contribution in [-0.2, 0) is 20.9 Å². The second-order valence-electron chi connectivity index (χ2n) is 7.02. The minimum absolute atomic E-state index is 0.170. The Labute approximate surface area is 147 Å². The highest BCUT2D eigenvalue weighted by Gasteiger charge is 2.27. The minimum Gasteiger partial charge on any atom is -0.457 e. The third-order valence-electron chi connectivity index (χ3n) is 3.81. The van der Waals surface area contributed by atoms with E-state index in [0.717, 1.165) is 16.7 Å². The van der Waals surface area contributed by atoms with Gasteiger partial charge in [-0.05, 0) is 44.9 Å². The summed E-state index contributed by atoms with van der Waals surface area (Å²) in [6.45, 7) is 9.01. The maximum absolute atomic E-state index is 11.9. The van der Waals surface area contributed by atoms with Crippen LogP contribution in [0.1, 0.15) is 60.8 Å². The molecule has 7 nitrogen and oxygen atoms in total. The summed E-state index contributed by atoms with van der Waals surface area (Å²) in [4.78, 5) is 35.1. The first-order valence-corrected chi connectivity index (χ1v) is 8.12. The van der Waals surface area contributed by atoms with E-state index in [2.05, 4.69) is 10.6 Å². The zero-order valence-electron chi connectivity index (χ0n) is 15.2. The number of ether oxygens (including phenoxy) is 2. The van der Waals surface area contributed by atoms with Gasteiger partial charge in [0, 0.05) is 19.0 Å². The molecule has 0 bridgehead atoms. The molecule has 1 heterocycles. The van der Waals surface area contributed by atoms with Gasteiger partial charge in [-0.15, -0.1) is 0 Å². The summed E-state index contributed by atoms with van der Waals surface area (Å²) < 4.78 is 10.3. The van der Waals surface area contributed by atoms with Crippen molar-refractivity contribution in [2.24, 2.45) is 0 Å². The van der Waals surface area contributed by atoms with Gasteiger partial charge in [0.2, 0.25) is 5.91 Å². The van der Waals surface area contributed by atoms with Crippen molar-refractivity contribution in [2.45, 2.75) is 52.9 Å².